The van der Waals surface area contributed by atoms with Crippen LogP contribution in [0.2, 0.25) is 0 Å². The van der Waals surface area contributed by atoms with Crippen LogP contribution in [0.4, 0.5) is 10.1 Å². The first-order valence-corrected chi connectivity index (χ1v) is 7.59. The number of para-hydroxylation sites is 1. The van der Waals surface area contributed by atoms with Crippen molar-refractivity contribution in [2.24, 2.45) is 0 Å². The number of carbonyl (C=O) groups is 1. The fourth-order valence-electron chi connectivity index (χ4n) is 2.78. The van der Waals surface area contributed by atoms with E-state index < -0.39 is 0 Å². The Balaban J connectivity index is 1.52. The summed E-state index contributed by atoms with van der Waals surface area (Å²) < 4.78 is 13.5. The standard InChI is InChI=1S/C18H19FN2O/c19-15-7-3-1-5-13(15)11-12-20-18(22)17-10-9-14-6-2-4-8-16(14)21-17/h1-8,17,21H,9-12H2,(H,20,22). The first kappa shape index (κ1) is 14.6. The number of rotatable bonds is 4. The van der Waals surface area contributed by atoms with E-state index in [1.807, 2.05) is 18.2 Å². The third kappa shape index (κ3) is 3.27. The average molecular weight is 298 g/mol. The molecule has 0 bridgehead atoms. The number of nitrogens with one attached hydrogen (secondary N) is 2. The number of halogens is 1. The molecule has 2 aromatic rings. The van der Waals surface area contributed by atoms with Gasteiger partial charge in [-0.25, -0.2) is 4.39 Å². The maximum absolute atomic E-state index is 13.5. The minimum Gasteiger partial charge on any atom is -0.373 e. The zero-order valence-corrected chi connectivity index (χ0v) is 12.3. The molecule has 1 heterocycles. The maximum Gasteiger partial charge on any atom is 0.242 e. The second kappa shape index (κ2) is 6.60. The van der Waals surface area contributed by atoms with Gasteiger partial charge >= 0.3 is 0 Å². The van der Waals surface area contributed by atoms with Gasteiger partial charge in [-0.05, 0) is 42.5 Å². The molecule has 3 rings (SSSR count). The molecule has 0 aromatic heterocycles. The van der Waals surface area contributed by atoms with Crippen LogP contribution in [-0.4, -0.2) is 18.5 Å². The maximum atomic E-state index is 13.5. The summed E-state index contributed by atoms with van der Waals surface area (Å²) in [5, 5.41) is 6.16. The summed E-state index contributed by atoms with van der Waals surface area (Å²) in [6.45, 7) is 0.444. The third-order valence-electron chi connectivity index (χ3n) is 4.02. The summed E-state index contributed by atoms with van der Waals surface area (Å²) in [6, 6.07) is 14.5. The zero-order valence-electron chi connectivity index (χ0n) is 12.3. The smallest absolute Gasteiger partial charge is 0.242 e. The van der Waals surface area contributed by atoms with Crippen molar-refractivity contribution >= 4 is 11.6 Å². The van der Waals surface area contributed by atoms with E-state index in [4.69, 9.17) is 0 Å². The summed E-state index contributed by atoms with van der Waals surface area (Å²) in [5.74, 6) is -0.243. The quantitative estimate of drug-likeness (QED) is 0.911. The first-order chi connectivity index (χ1) is 10.7. The Kier molecular flexibility index (Phi) is 4.37. The topological polar surface area (TPSA) is 41.1 Å². The monoisotopic (exact) mass is 298 g/mol. The number of carbonyl (C=O) groups excluding carboxylic acids is 1. The SMILES string of the molecule is O=C(NCCc1ccccc1F)C1CCc2ccccc2N1. The molecule has 0 aliphatic carbocycles. The van der Waals surface area contributed by atoms with Crippen LogP contribution in [0.5, 0.6) is 0 Å². The molecule has 0 saturated heterocycles. The van der Waals surface area contributed by atoms with Gasteiger partial charge in [0, 0.05) is 12.2 Å². The van der Waals surface area contributed by atoms with Crippen molar-refractivity contribution in [3.05, 3.63) is 65.5 Å². The van der Waals surface area contributed by atoms with E-state index in [1.54, 1.807) is 18.2 Å². The number of fused-ring (bicyclic) bond motifs is 1. The molecule has 0 fully saturated rings. The summed E-state index contributed by atoms with van der Waals surface area (Å²) in [4.78, 5) is 12.2. The van der Waals surface area contributed by atoms with E-state index in [0.717, 1.165) is 18.5 Å². The van der Waals surface area contributed by atoms with Crippen molar-refractivity contribution in [1.29, 1.82) is 0 Å². The summed E-state index contributed by atoms with van der Waals surface area (Å²) in [6.07, 6.45) is 2.18. The predicted molar refractivity (Wildman–Crippen MR) is 85.3 cm³/mol. The molecule has 4 heteroatoms. The molecule has 0 spiro atoms. The summed E-state index contributed by atoms with van der Waals surface area (Å²) in [7, 11) is 0. The lowest BCUT2D eigenvalue weighted by Crippen LogP contribution is -2.42. The fourth-order valence-corrected chi connectivity index (χ4v) is 2.78. The lowest BCUT2D eigenvalue weighted by atomic mass is 9.97. The van der Waals surface area contributed by atoms with Crippen LogP contribution in [-0.2, 0) is 17.6 Å². The molecule has 1 atom stereocenters. The van der Waals surface area contributed by atoms with Crippen LogP contribution in [0.1, 0.15) is 17.5 Å². The van der Waals surface area contributed by atoms with Crippen LogP contribution in [0.25, 0.3) is 0 Å². The zero-order chi connectivity index (χ0) is 15.4. The molecule has 1 aliphatic rings. The van der Waals surface area contributed by atoms with Crippen molar-refractivity contribution in [1.82, 2.24) is 5.32 Å². The molecule has 22 heavy (non-hydrogen) atoms. The second-order valence-corrected chi connectivity index (χ2v) is 5.53. The van der Waals surface area contributed by atoms with E-state index >= 15 is 0 Å². The van der Waals surface area contributed by atoms with Gasteiger partial charge < -0.3 is 10.6 Å². The number of amides is 1. The van der Waals surface area contributed by atoms with E-state index in [0.29, 0.717) is 18.5 Å². The second-order valence-electron chi connectivity index (χ2n) is 5.53. The van der Waals surface area contributed by atoms with Gasteiger partial charge in [-0.1, -0.05) is 36.4 Å². The van der Waals surface area contributed by atoms with Crippen molar-refractivity contribution in [2.45, 2.75) is 25.3 Å². The molecular formula is C18H19FN2O. The number of hydrogen-bond acceptors (Lipinski definition) is 2. The van der Waals surface area contributed by atoms with Gasteiger partial charge in [-0.3, -0.25) is 4.79 Å². The van der Waals surface area contributed by atoms with Gasteiger partial charge in [0.15, 0.2) is 0 Å². The number of aryl methyl sites for hydroxylation is 1. The molecule has 2 N–H and O–H groups in total. The van der Waals surface area contributed by atoms with E-state index in [9.17, 15) is 9.18 Å². The number of anilines is 1. The Morgan fingerprint density at radius 2 is 1.95 bits per heavy atom. The fraction of sp³-hybridized carbons (Fsp3) is 0.278. The largest absolute Gasteiger partial charge is 0.373 e. The Morgan fingerprint density at radius 3 is 2.82 bits per heavy atom. The first-order valence-electron chi connectivity index (χ1n) is 7.59. The van der Waals surface area contributed by atoms with E-state index in [-0.39, 0.29) is 17.8 Å². The molecule has 0 radical (unpaired) electrons. The normalized spacial score (nSPS) is 16.5. The van der Waals surface area contributed by atoms with Crippen molar-refractivity contribution in [3.63, 3.8) is 0 Å². The van der Waals surface area contributed by atoms with Crippen LogP contribution in [0.3, 0.4) is 0 Å². The van der Waals surface area contributed by atoms with Crippen LogP contribution in [0.15, 0.2) is 48.5 Å². The lowest BCUT2D eigenvalue weighted by molar-refractivity contribution is -0.122. The van der Waals surface area contributed by atoms with Gasteiger partial charge in [-0.2, -0.15) is 0 Å². The highest BCUT2D eigenvalue weighted by molar-refractivity contribution is 5.85. The minimum absolute atomic E-state index is 0.0224. The van der Waals surface area contributed by atoms with Crippen molar-refractivity contribution in [3.8, 4) is 0 Å². The highest BCUT2D eigenvalue weighted by Gasteiger charge is 2.23. The number of benzene rings is 2. The van der Waals surface area contributed by atoms with Crippen molar-refractivity contribution < 1.29 is 9.18 Å². The van der Waals surface area contributed by atoms with E-state index in [1.165, 1.54) is 11.6 Å². The Bertz CT molecular complexity index is 672. The molecule has 1 amide bonds. The van der Waals surface area contributed by atoms with Crippen LogP contribution >= 0.6 is 0 Å². The van der Waals surface area contributed by atoms with Gasteiger partial charge in [-0.15, -0.1) is 0 Å². The molecule has 3 nitrogen and oxygen atoms in total. The average Bonchev–Trinajstić information content (AvgIpc) is 2.56. The highest BCUT2D eigenvalue weighted by atomic mass is 19.1. The lowest BCUT2D eigenvalue weighted by Gasteiger charge is -2.26. The Labute approximate surface area is 129 Å². The summed E-state index contributed by atoms with van der Waals surface area (Å²) in [5.41, 5.74) is 2.91. The van der Waals surface area contributed by atoms with Crippen LogP contribution < -0.4 is 10.6 Å². The summed E-state index contributed by atoms with van der Waals surface area (Å²) >= 11 is 0. The van der Waals surface area contributed by atoms with Gasteiger partial charge in [0.05, 0.1) is 0 Å². The molecule has 2 aromatic carbocycles. The Hall–Kier alpha value is -2.36. The van der Waals surface area contributed by atoms with Gasteiger partial charge in [0.2, 0.25) is 5.91 Å². The molecule has 1 aliphatic heterocycles. The Morgan fingerprint density at radius 1 is 1.18 bits per heavy atom. The van der Waals surface area contributed by atoms with Crippen LogP contribution in [0, 0.1) is 5.82 Å². The number of hydrogen-bond donors (Lipinski definition) is 2. The predicted octanol–water partition coefficient (Wildman–Crippen LogP) is 2.91. The van der Waals surface area contributed by atoms with Gasteiger partial charge in [0.25, 0.3) is 0 Å². The molecule has 1 unspecified atom stereocenters. The van der Waals surface area contributed by atoms with E-state index in [2.05, 4.69) is 16.7 Å². The van der Waals surface area contributed by atoms with Gasteiger partial charge in [0.1, 0.15) is 11.9 Å². The highest BCUT2D eigenvalue weighted by Crippen LogP contribution is 2.24. The molecule has 0 saturated carbocycles. The van der Waals surface area contributed by atoms with Crippen molar-refractivity contribution in [2.75, 3.05) is 11.9 Å². The minimum atomic E-state index is -0.221. The molecule has 114 valence electrons. The third-order valence-corrected chi connectivity index (χ3v) is 4.02. The molecular weight excluding hydrogens is 279 g/mol.